The van der Waals surface area contributed by atoms with Gasteiger partial charge in [-0.15, -0.1) is 0 Å². The van der Waals surface area contributed by atoms with E-state index in [-0.39, 0.29) is 6.61 Å². The van der Waals surface area contributed by atoms with Crippen LogP contribution in [0.1, 0.15) is 12.5 Å². The van der Waals surface area contributed by atoms with Gasteiger partial charge in [0.25, 0.3) is 0 Å². The predicted molar refractivity (Wildman–Crippen MR) is 67.2 cm³/mol. The molecule has 14 heavy (non-hydrogen) atoms. The molecule has 0 radical (unpaired) electrons. The van der Waals surface area contributed by atoms with Gasteiger partial charge in [0, 0.05) is 16.7 Å². The second-order valence-electron chi connectivity index (χ2n) is 3.18. The zero-order valence-electron chi connectivity index (χ0n) is 8.41. The predicted octanol–water partition coefficient (Wildman–Crippen LogP) is 2.11. The first-order valence-corrected chi connectivity index (χ1v) is 5.92. The molecule has 0 fully saturated rings. The van der Waals surface area contributed by atoms with E-state index in [9.17, 15) is 0 Å². The molecule has 0 saturated heterocycles. The van der Waals surface area contributed by atoms with Crippen molar-refractivity contribution < 1.29 is 5.11 Å². The standard InChI is InChI=1S/C11H16INO/c1-2-13(7-8-14)9-10-5-3-4-6-11(10)12/h3-6,14H,2,7-9H2,1H3. The maximum Gasteiger partial charge on any atom is 0.0558 e. The number of benzene rings is 1. The molecule has 0 aliphatic carbocycles. The Kier molecular flexibility index (Phi) is 5.44. The van der Waals surface area contributed by atoms with Crippen molar-refractivity contribution in [2.24, 2.45) is 0 Å². The molecule has 0 saturated carbocycles. The maximum atomic E-state index is 8.87. The van der Waals surface area contributed by atoms with Crippen LogP contribution in [0.3, 0.4) is 0 Å². The van der Waals surface area contributed by atoms with Gasteiger partial charge in [0.15, 0.2) is 0 Å². The third-order valence-electron chi connectivity index (χ3n) is 2.22. The Labute approximate surface area is 99.1 Å². The average molecular weight is 305 g/mol. The van der Waals surface area contributed by atoms with Crippen LogP contribution in [0.25, 0.3) is 0 Å². The molecule has 0 amide bonds. The minimum atomic E-state index is 0.233. The Morgan fingerprint density at radius 2 is 2.07 bits per heavy atom. The summed E-state index contributed by atoms with van der Waals surface area (Å²) < 4.78 is 1.29. The van der Waals surface area contributed by atoms with Crippen LogP contribution in [0.2, 0.25) is 0 Å². The highest BCUT2D eigenvalue weighted by Crippen LogP contribution is 2.13. The number of nitrogens with zero attached hydrogens (tertiary/aromatic N) is 1. The Balaban J connectivity index is 2.62. The molecule has 78 valence electrons. The van der Waals surface area contributed by atoms with Gasteiger partial charge in [0.2, 0.25) is 0 Å². The molecule has 2 nitrogen and oxygen atoms in total. The summed E-state index contributed by atoms with van der Waals surface area (Å²) in [5, 5.41) is 8.87. The van der Waals surface area contributed by atoms with E-state index in [0.29, 0.717) is 0 Å². The molecule has 0 aromatic heterocycles. The van der Waals surface area contributed by atoms with Crippen LogP contribution >= 0.6 is 22.6 Å². The fraction of sp³-hybridized carbons (Fsp3) is 0.455. The van der Waals surface area contributed by atoms with Gasteiger partial charge in [-0.05, 0) is 40.8 Å². The van der Waals surface area contributed by atoms with E-state index in [1.165, 1.54) is 9.13 Å². The molecule has 1 rings (SSSR count). The summed E-state index contributed by atoms with van der Waals surface area (Å²) in [6.07, 6.45) is 0. The van der Waals surface area contributed by atoms with Gasteiger partial charge in [0.1, 0.15) is 0 Å². The van der Waals surface area contributed by atoms with E-state index in [0.717, 1.165) is 19.6 Å². The van der Waals surface area contributed by atoms with Gasteiger partial charge in [-0.2, -0.15) is 0 Å². The van der Waals surface area contributed by atoms with E-state index in [1.807, 2.05) is 6.07 Å². The second-order valence-corrected chi connectivity index (χ2v) is 4.35. The van der Waals surface area contributed by atoms with Gasteiger partial charge in [0.05, 0.1) is 6.61 Å². The molecule has 0 aliphatic heterocycles. The molecule has 1 N–H and O–H groups in total. The SMILES string of the molecule is CCN(CCO)Cc1ccccc1I. The average Bonchev–Trinajstić information content (AvgIpc) is 2.20. The van der Waals surface area contributed by atoms with Gasteiger partial charge in [-0.1, -0.05) is 25.1 Å². The first-order chi connectivity index (χ1) is 6.77. The number of halogens is 1. The first kappa shape index (κ1) is 11.9. The summed E-state index contributed by atoms with van der Waals surface area (Å²) in [7, 11) is 0. The third-order valence-corrected chi connectivity index (χ3v) is 3.27. The summed E-state index contributed by atoms with van der Waals surface area (Å²) in [6, 6.07) is 8.36. The number of hydrogen-bond acceptors (Lipinski definition) is 2. The van der Waals surface area contributed by atoms with Crippen LogP contribution in [0.4, 0.5) is 0 Å². The fourth-order valence-electron chi connectivity index (χ4n) is 1.36. The summed E-state index contributed by atoms with van der Waals surface area (Å²) in [6.45, 7) is 5.01. The highest BCUT2D eigenvalue weighted by Gasteiger charge is 2.04. The highest BCUT2D eigenvalue weighted by molar-refractivity contribution is 14.1. The number of rotatable bonds is 5. The molecule has 1 aromatic rings. The van der Waals surface area contributed by atoms with Crippen molar-refractivity contribution >= 4 is 22.6 Å². The minimum Gasteiger partial charge on any atom is -0.395 e. The van der Waals surface area contributed by atoms with Crippen LogP contribution in [-0.2, 0) is 6.54 Å². The highest BCUT2D eigenvalue weighted by atomic mass is 127. The monoisotopic (exact) mass is 305 g/mol. The normalized spacial score (nSPS) is 10.9. The number of likely N-dealkylation sites (N-methyl/N-ethyl adjacent to an activating group) is 1. The Morgan fingerprint density at radius 1 is 1.36 bits per heavy atom. The molecular formula is C11H16INO. The third kappa shape index (κ3) is 3.55. The van der Waals surface area contributed by atoms with Gasteiger partial charge in [-0.25, -0.2) is 0 Å². The van der Waals surface area contributed by atoms with Gasteiger partial charge in [-0.3, -0.25) is 4.90 Å². The largest absolute Gasteiger partial charge is 0.395 e. The smallest absolute Gasteiger partial charge is 0.0558 e. The summed E-state index contributed by atoms with van der Waals surface area (Å²) in [4.78, 5) is 2.23. The molecule has 1 aromatic carbocycles. The summed E-state index contributed by atoms with van der Waals surface area (Å²) in [5.74, 6) is 0. The molecule has 0 atom stereocenters. The van der Waals surface area contributed by atoms with E-state index < -0.39 is 0 Å². The molecule has 3 heteroatoms. The fourth-order valence-corrected chi connectivity index (χ4v) is 1.92. The lowest BCUT2D eigenvalue weighted by molar-refractivity contribution is 0.196. The van der Waals surface area contributed by atoms with Crippen LogP contribution < -0.4 is 0 Å². The van der Waals surface area contributed by atoms with Crippen molar-refractivity contribution in [3.05, 3.63) is 33.4 Å². The lowest BCUT2D eigenvalue weighted by Crippen LogP contribution is -2.26. The molecule has 0 unspecified atom stereocenters. The van der Waals surface area contributed by atoms with Crippen molar-refractivity contribution in [1.29, 1.82) is 0 Å². The van der Waals surface area contributed by atoms with Crippen molar-refractivity contribution in [3.63, 3.8) is 0 Å². The van der Waals surface area contributed by atoms with E-state index in [1.54, 1.807) is 0 Å². The van der Waals surface area contributed by atoms with Crippen LogP contribution in [0, 0.1) is 3.57 Å². The van der Waals surface area contributed by atoms with Crippen molar-refractivity contribution in [2.75, 3.05) is 19.7 Å². The Morgan fingerprint density at radius 3 is 2.64 bits per heavy atom. The topological polar surface area (TPSA) is 23.5 Å². The number of hydrogen-bond donors (Lipinski definition) is 1. The van der Waals surface area contributed by atoms with Crippen LogP contribution in [0.5, 0.6) is 0 Å². The van der Waals surface area contributed by atoms with Crippen LogP contribution in [-0.4, -0.2) is 29.7 Å². The van der Waals surface area contributed by atoms with Crippen LogP contribution in [0.15, 0.2) is 24.3 Å². The molecule has 0 aliphatic rings. The lowest BCUT2D eigenvalue weighted by atomic mass is 10.2. The van der Waals surface area contributed by atoms with Crippen molar-refractivity contribution in [2.45, 2.75) is 13.5 Å². The number of aliphatic hydroxyl groups is 1. The summed E-state index contributed by atoms with van der Waals surface area (Å²) >= 11 is 2.35. The molecule has 0 bridgehead atoms. The second kappa shape index (κ2) is 6.37. The van der Waals surface area contributed by atoms with Crippen molar-refractivity contribution in [1.82, 2.24) is 4.90 Å². The Bertz CT molecular complexity index is 278. The molecule has 0 spiro atoms. The Hall–Kier alpha value is -0.130. The van der Waals surface area contributed by atoms with Gasteiger partial charge >= 0.3 is 0 Å². The van der Waals surface area contributed by atoms with Gasteiger partial charge < -0.3 is 5.11 Å². The molecular weight excluding hydrogens is 289 g/mol. The lowest BCUT2D eigenvalue weighted by Gasteiger charge is -2.19. The first-order valence-electron chi connectivity index (χ1n) is 4.84. The zero-order chi connectivity index (χ0) is 10.4. The minimum absolute atomic E-state index is 0.233. The maximum absolute atomic E-state index is 8.87. The van der Waals surface area contributed by atoms with E-state index >= 15 is 0 Å². The van der Waals surface area contributed by atoms with E-state index in [2.05, 4.69) is 52.6 Å². The van der Waals surface area contributed by atoms with E-state index in [4.69, 9.17) is 5.11 Å². The number of aliphatic hydroxyl groups excluding tert-OH is 1. The van der Waals surface area contributed by atoms with Crippen molar-refractivity contribution in [3.8, 4) is 0 Å². The zero-order valence-corrected chi connectivity index (χ0v) is 10.6. The summed E-state index contributed by atoms with van der Waals surface area (Å²) in [5.41, 5.74) is 1.34. The quantitative estimate of drug-likeness (QED) is 0.842. The molecule has 0 heterocycles.